The molecule has 240 valence electrons. The van der Waals surface area contributed by atoms with Crippen molar-refractivity contribution >= 4 is 35.4 Å². The van der Waals surface area contributed by atoms with Gasteiger partial charge in [0.2, 0.25) is 11.8 Å². The van der Waals surface area contributed by atoms with Crippen LogP contribution in [0.15, 0.2) is 119 Å². The normalized spacial score (nSPS) is 11.7. The molecule has 10 heteroatoms. The van der Waals surface area contributed by atoms with Crippen LogP contribution in [-0.4, -0.2) is 51.7 Å². The summed E-state index contributed by atoms with van der Waals surface area (Å²) in [6.45, 7) is 0. The van der Waals surface area contributed by atoms with E-state index in [1.165, 1.54) is 0 Å². The lowest BCUT2D eigenvalue weighted by atomic mass is 10.1. The maximum Gasteiger partial charge on any atom is 0.249 e. The van der Waals surface area contributed by atoms with Crippen molar-refractivity contribution in [2.75, 3.05) is 28.4 Å². The van der Waals surface area contributed by atoms with Crippen molar-refractivity contribution in [1.29, 1.82) is 0 Å². The number of allylic oxidation sites excluding steroid dienone is 2. The fraction of sp³-hybridized carbons (Fsp3) is 0.135. The van der Waals surface area contributed by atoms with E-state index in [0.717, 1.165) is 33.8 Å². The van der Waals surface area contributed by atoms with E-state index in [9.17, 15) is 9.59 Å². The van der Waals surface area contributed by atoms with Gasteiger partial charge in [0.05, 0.1) is 39.9 Å². The fourth-order valence-electron chi connectivity index (χ4n) is 4.17. The minimum absolute atomic E-state index is 0.473. The Balaban J connectivity index is 1.47. The Morgan fingerprint density at radius 1 is 0.511 bits per heavy atom. The topological polar surface area (TPSA) is 120 Å². The van der Waals surface area contributed by atoms with Gasteiger partial charge in [0.1, 0.15) is 29.4 Å². The molecular weight excluding hydrogens is 596 g/mol. The summed E-state index contributed by atoms with van der Waals surface area (Å²) >= 11 is 0. The number of ether oxygens (including phenoxy) is 4. The molecule has 0 atom stereocenters. The molecule has 4 aromatic rings. The predicted molar refractivity (Wildman–Crippen MR) is 184 cm³/mol. The van der Waals surface area contributed by atoms with E-state index in [0.29, 0.717) is 22.9 Å². The fourth-order valence-corrected chi connectivity index (χ4v) is 4.17. The van der Waals surface area contributed by atoms with Crippen LogP contribution >= 0.6 is 0 Å². The number of nitrogens with one attached hydrogen (secondary N) is 2. The zero-order valence-electron chi connectivity index (χ0n) is 26.6. The summed E-state index contributed by atoms with van der Waals surface area (Å²) in [6, 6.07) is 29.5. The maximum atomic E-state index is 12.8. The van der Waals surface area contributed by atoms with Crippen molar-refractivity contribution in [3.8, 4) is 23.0 Å². The maximum absolute atomic E-state index is 12.8. The Morgan fingerprint density at radius 2 is 0.809 bits per heavy atom. The van der Waals surface area contributed by atoms with Gasteiger partial charge in [-0.25, -0.2) is 10.9 Å². The first-order valence-electron chi connectivity index (χ1n) is 14.6. The predicted octanol–water partition coefficient (Wildman–Crippen LogP) is 5.88. The molecule has 0 unspecified atom stereocenters. The second-order valence-corrected chi connectivity index (χ2v) is 9.91. The summed E-state index contributed by atoms with van der Waals surface area (Å²) in [5, 5.41) is 8.61. The van der Waals surface area contributed by atoms with Crippen LogP contribution in [0.5, 0.6) is 23.0 Å². The Bertz CT molecular complexity index is 1610. The van der Waals surface area contributed by atoms with Crippen LogP contribution in [-0.2, 0) is 9.59 Å². The zero-order valence-corrected chi connectivity index (χ0v) is 26.6. The van der Waals surface area contributed by atoms with Crippen molar-refractivity contribution in [3.05, 3.63) is 131 Å². The highest BCUT2D eigenvalue weighted by atomic mass is 16.5. The van der Waals surface area contributed by atoms with Gasteiger partial charge in [-0.05, 0) is 96.1 Å². The van der Waals surface area contributed by atoms with Gasteiger partial charge in [-0.3, -0.25) is 9.59 Å². The Morgan fingerprint density at radius 3 is 1.11 bits per heavy atom. The average molecular weight is 633 g/mol. The van der Waals surface area contributed by atoms with E-state index in [-0.39, 0.29) is 0 Å². The van der Waals surface area contributed by atoms with Crippen molar-refractivity contribution in [2.24, 2.45) is 10.2 Å². The first-order valence-corrected chi connectivity index (χ1v) is 14.6. The minimum atomic E-state index is -0.610. The van der Waals surface area contributed by atoms with Crippen LogP contribution in [0, 0.1) is 0 Å². The van der Waals surface area contributed by atoms with Crippen LogP contribution in [0.25, 0.3) is 12.2 Å². The number of rotatable bonds is 14. The lowest BCUT2D eigenvalue weighted by Gasteiger charge is -2.07. The highest BCUT2D eigenvalue weighted by Crippen LogP contribution is 2.17. The average Bonchev–Trinajstić information content (AvgIpc) is 3.12. The van der Waals surface area contributed by atoms with Gasteiger partial charge in [0.25, 0.3) is 0 Å². The molecule has 0 bridgehead atoms. The van der Waals surface area contributed by atoms with Gasteiger partial charge < -0.3 is 18.9 Å². The van der Waals surface area contributed by atoms with E-state index >= 15 is 0 Å². The van der Waals surface area contributed by atoms with Crippen LogP contribution in [0.1, 0.15) is 28.7 Å². The molecule has 0 radical (unpaired) electrons. The number of carbonyl (C=O) groups is 2. The Hall–Kier alpha value is -6.16. The molecule has 4 aromatic carbocycles. The molecule has 0 heterocycles. The Labute approximate surface area is 274 Å². The first-order chi connectivity index (χ1) is 22.9. The van der Waals surface area contributed by atoms with Crippen LogP contribution < -0.4 is 29.8 Å². The third-order valence-corrected chi connectivity index (χ3v) is 6.79. The van der Waals surface area contributed by atoms with E-state index in [1.54, 1.807) is 64.9 Å². The zero-order chi connectivity index (χ0) is 33.4. The molecule has 4 rings (SSSR count). The van der Waals surface area contributed by atoms with Crippen molar-refractivity contribution in [1.82, 2.24) is 10.9 Å². The summed E-state index contributed by atoms with van der Waals surface area (Å²) in [5.41, 5.74) is 9.19. The minimum Gasteiger partial charge on any atom is -0.497 e. The second-order valence-electron chi connectivity index (χ2n) is 9.91. The van der Waals surface area contributed by atoms with E-state index in [1.807, 2.05) is 84.9 Å². The van der Waals surface area contributed by atoms with E-state index < -0.39 is 18.2 Å². The van der Waals surface area contributed by atoms with Crippen LogP contribution in [0.4, 0.5) is 0 Å². The molecule has 2 amide bonds. The molecule has 0 aromatic heterocycles. The van der Waals surface area contributed by atoms with Gasteiger partial charge >= 0.3 is 0 Å². The molecule has 0 aliphatic heterocycles. The standard InChI is InChI=1S/C37H36N4O6/c1-44-30-15-5-26(6-16-30)9-23-34(28-11-19-32(46-3)20-12-28)38-40-36(42)25-37(43)41-39-35(29-13-21-33(47-4)22-14-29)24-10-27-7-17-31(45-2)18-8-27/h5-24H,25H2,1-4H3,(H,40,42)(H,41,43). The van der Waals surface area contributed by atoms with Gasteiger partial charge in [0.15, 0.2) is 0 Å². The van der Waals surface area contributed by atoms with Crippen LogP contribution in [0.2, 0.25) is 0 Å². The van der Waals surface area contributed by atoms with Crippen molar-refractivity contribution in [3.63, 3.8) is 0 Å². The summed E-state index contributed by atoms with van der Waals surface area (Å²) in [6.07, 6.45) is 6.75. The highest BCUT2D eigenvalue weighted by molar-refractivity contribution is 6.12. The molecule has 0 aliphatic carbocycles. The number of benzene rings is 4. The lowest BCUT2D eigenvalue weighted by Crippen LogP contribution is -2.28. The summed E-state index contributed by atoms with van der Waals surface area (Å²) in [5.74, 6) is 1.63. The molecule has 0 fully saturated rings. The molecule has 2 N–H and O–H groups in total. The van der Waals surface area contributed by atoms with Crippen molar-refractivity contribution < 1.29 is 28.5 Å². The SMILES string of the molecule is COc1ccc(C=CC(=NNC(=O)CC(=O)NN=C(C=Cc2ccc(OC)cc2)c2ccc(OC)cc2)c2ccc(OC)cc2)cc1. The molecule has 0 saturated heterocycles. The van der Waals surface area contributed by atoms with Gasteiger partial charge in [-0.2, -0.15) is 10.2 Å². The molecular formula is C37H36N4O6. The molecule has 47 heavy (non-hydrogen) atoms. The lowest BCUT2D eigenvalue weighted by molar-refractivity contribution is -0.129. The number of amides is 2. The van der Waals surface area contributed by atoms with Crippen molar-refractivity contribution in [2.45, 2.75) is 6.42 Å². The first kappa shape index (κ1) is 33.7. The molecule has 10 nitrogen and oxygen atoms in total. The van der Waals surface area contributed by atoms with Crippen LogP contribution in [0.3, 0.4) is 0 Å². The van der Waals surface area contributed by atoms with E-state index in [4.69, 9.17) is 18.9 Å². The number of nitrogens with zero attached hydrogens (tertiary/aromatic N) is 2. The molecule has 0 spiro atoms. The van der Waals surface area contributed by atoms with E-state index in [2.05, 4.69) is 21.1 Å². The third kappa shape index (κ3) is 10.5. The third-order valence-electron chi connectivity index (χ3n) is 6.79. The smallest absolute Gasteiger partial charge is 0.249 e. The number of methoxy groups -OCH3 is 4. The largest absolute Gasteiger partial charge is 0.497 e. The number of carbonyl (C=O) groups excluding carboxylic acids is 2. The summed E-state index contributed by atoms with van der Waals surface area (Å²) in [7, 11) is 6.38. The summed E-state index contributed by atoms with van der Waals surface area (Å²) in [4.78, 5) is 25.5. The number of hydrogen-bond acceptors (Lipinski definition) is 8. The quantitative estimate of drug-likeness (QED) is 0.102. The second kappa shape index (κ2) is 17.4. The van der Waals surface area contributed by atoms with Gasteiger partial charge in [-0.1, -0.05) is 36.4 Å². The van der Waals surface area contributed by atoms with Gasteiger partial charge in [0, 0.05) is 11.1 Å². The molecule has 0 aliphatic rings. The van der Waals surface area contributed by atoms with Gasteiger partial charge in [-0.15, -0.1) is 0 Å². The summed E-state index contributed by atoms with van der Waals surface area (Å²) < 4.78 is 21.0. The highest BCUT2D eigenvalue weighted by Gasteiger charge is 2.11. The number of hydrogen-bond donors (Lipinski definition) is 2. The number of hydrazone groups is 2. The monoisotopic (exact) mass is 632 g/mol. The Kier molecular flexibility index (Phi) is 12.5. The molecule has 0 saturated carbocycles.